The van der Waals surface area contributed by atoms with E-state index in [4.69, 9.17) is 5.73 Å². The minimum atomic E-state index is 0.203. The first-order valence-electron chi connectivity index (χ1n) is 5.87. The normalized spacial score (nSPS) is 33.8. The van der Waals surface area contributed by atoms with Gasteiger partial charge in [0.05, 0.1) is 12.1 Å². The quantitative estimate of drug-likeness (QED) is 0.721. The Labute approximate surface area is 92.1 Å². The Bertz CT molecular complexity index is 276. The Morgan fingerprint density at radius 1 is 1.60 bits per heavy atom. The van der Waals surface area contributed by atoms with Gasteiger partial charge in [0.1, 0.15) is 0 Å². The number of aliphatic imine (C=N–C) groups is 1. The van der Waals surface area contributed by atoms with Crippen molar-refractivity contribution in [1.29, 1.82) is 0 Å². The van der Waals surface area contributed by atoms with Gasteiger partial charge in [0.15, 0.2) is 5.96 Å². The van der Waals surface area contributed by atoms with Crippen LogP contribution in [0.25, 0.3) is 0 Å². The van der Waals surface area contributed by atoms with Crippen molar-refractivity contribution >= 4 is 5.96 Å². The summed E-state index contributed by atoms with van der Waals surface area (Å²) in [5.74, 6) is 0.750. The highest BCUT2D eigenvalue weighted by Crippen LogP contribution is 2.33. The van der Waals surface area contributed by atoms with Crippen LogP contribution in [0.15, 0.2) is 4.99 Å². The smallest absolute Gasteiger partial charge is 0.192 e. The number of hydrogen-bond donors (Lipinski definition) is 1. The molecule has 2 unspecified atom stereocenters. The number of likely N-dealkylation sites (N-methyl/N-ethyl adjacent to an activating group) is 1. The van der Waals surface area contributed by atoms with Crippen molar-refractivity contribution in [2.75, 3.05) is 26.7 Å². The van der Waals surface area contributed by atoms with Crippen LogP contribution >= 0.6 is 0 Å². The van der Waals surface area contributed by atoms with Crippen LogP contribution in [0.1, 0.15) is 26.7 Å². The molecule has 4 heteroatoms. The molecular formula is C11H22N4. The molecule has 0 aliphatic carbocycles. The molecule has 15 heavy (non-hydrogen) atoms. The van der Waals surface area contributed by atoms with Gasteiger partial charge >= 0.3 is 0 Å². The van der Waals surface area contributed by atoms with Crippen molar-refractivity contribution in [3.05, 3.63) is 0 Å². The van der Waals surface area contributed by atoms with E-state index in [-0.39, 0.29) is 5.54 Å². The van der Waals surface area contributed by atoms with Crippen LogP contribution in [-0.4, -0.2) is 54.0 Å². The van der Waals surface area contributed by atoms with E-state index in [1.165, 1.54) is 6.42 Å². The van der Waals surface area contributed by atoms with Crippen LogP contribution < -0.4 is 5.73 Å². The van der Waals surface area contributed by atoms with E-state index in [9.17, 15) is 0 Å². The molecule has 2 heterocycles. The number of nitrogens with two attached hydrogens (primary N) is 1. The van der Waals surface area contributed by atoms with Crippen LogP contribution in [0.3, 0.4) is 0 Å². The number of nitrogens with zero attached hydrogens (tertiary/aromatic N) is 3. The topological polar surface area (TPSA) is 44.9 Å². The van der Waals surface area contributed by atoms with Crippen molar-refractivity contribution in [2.45, 2.75) is 38.3 Å². The molecule has 4 nitrogen and oxygen atoms in total. The highest BCUT2D eigenvalue weighted by Gasteiger charge is 2.47. The molecule has 2 aliphatic rings. The second-order valence-electron chi connectivity index (χ2n) is 5.01. The van der Waals surface area contributed by atoms with E-state index in [2.05, 4.69) is 35.7 Å². The Hall–Kier alpha value is -0.770. The number of hydrogen-bond acceptors (Lipinski definition) is 4. The third kappa shape index (κ3) is 1.61. The van der Waals surface area contributed by atoms with Gasteiger partial charge in [-0.05, 0) is 26.8 Å². The second-order valence-corrected chi connectivity index (χ2v) is 5.01. The molecule has 1 spiro atoms. The summed E-state index contributed by atoms with van der Waals surface area (Å²) in [5.41, 5.74) is 6.22. The molecule has 0 aromatic carbocycles. The molecule has 0 aromatic rings. The van der Waals surface area contributed by atoms with Crippen LogP contribution in [0.4, 0.5) is 0 Å². The zero-order valence-corrected chi connectivity index (χ0v) is 10.0. The van der Waals surface area contributed by atoms with Gasteiger partial charge in [-0.15, -0.1) is 0 Å². The maximum Gasteiger partial charge on any atom is 0.192 e. The number of rotatable bonds is 2. The molecule has 0 amide bonds. The SMILES string of the molecule is CCC(C)N1C(N)=NCC12CCN(C)C2. The Kier molecular flexibility index (Phi) is 2.63. The van der Waals surface area contributed by atoms with Crippen molar-refractivity contribution in [1.82, 2.24) is 9.80 Å². The molecular weight excluding hydrogens is 188 g/mol. The Morgan fingerprint density at radius 2 is 2.33 bits per heavy atom. The third-order valence-electron chi connectivity index (χ3n) is 3.85. The first kappa shape index (κ1) is 10.7. The lowest BCUT2D eigenvalue weighted by Crippen LogP contribution is -2.56. The van der Waals surface area contributed by atoms with Gasteiger partial charge in [-0.2, -0.15) is 0 Å². The molecule has 0 bridgehead atoms. The summed E-state index contributed by atoms with van der Waals surface area (Å²) in [5, 5.41) is 0. The van der Waals surface area contributed by atoms with Crippen LogP contribution in [0.5, 0.6) is 0 Å². The molecule has 2 atom stereocenters. The summed E-state index contributed by atoms with van der Waals surface area (Å²) in [6.45, 7) is 7.60. The molecule has 2 N–H and O–H groups in total. The standard InChI is InChI=1S/C11H22N4/c1-4-9(2)15-10(12)13-7-11(15)5-6-14(3)8-11/h9H,4-8H2,1-3H3,(H2,12,13). The lowest BCUT2D eigenvalue weighted by molar-refractivity contribution is 0.159. The fourth-order valence-corrected chi connectivity index (χ4v) is 2.88. The van der Waals surface area contributed by atoms with Crippen molar-refractivity contribution in [3.8, 4) is 0 Å². The highest BCUT2D eigenvalue weighted by molar-refractivity contribution is 5.81. The largest absolute Gasteiger partial charge is 0.370 e. The first-order chi connectivity index (χ1) is 7.09. The van der Waals surface area contributed by atoms with E-state index in [0.717, 1.165) is 32.0 Å². The van der Waals surface area contributed by atoms with Gasteiger partial charge in [-0.3, -0.25) is 4.99 Å². The van der Waals surface area contributed by atoms with E-state index in [0.29, 0.717) is 6.04 Å². The van der Waals surface area contributed by atoms with Crippen LogP contribution in [0.2, 0.25) is 0 Å². The molecule has 1 saturated heterocycles. The molecule has 0 radical (unpaired) electrons. The summed E-state index contributed by atoms with van der Waals surface area (Å²) < 4.78 is 0. The van der Waals surface area contributed by atoms with Crippen molar-refractivity contribution in [2.24, 2.45) is 10.7 Å². The van der Waals surface area contributed by atoms with Gasteiger partial charge in [-0.25, -0.2) is 0 Å². The molecule has 0 saturated carbocycles. The van der Waals surface area contributed by atoms with Gasteiger partial charge in [0.25, 0.3) is 0 Å². The van der Waals surface area contributed by atoms with Gasteiger partial charge in [-0.1, -0.05) is 6.92 Å². The van der Waals surface area contributed by atoms with E-state index in [1.807, 2.05) is 0 Å². The van der Waals surface area contributed by atoms with Crippen LogP contribution in [0, 0.1) is 0 Å². The summed E-state index contributed by atoms with van der Waals surface area (Å²) in [4.78, 5) is 9.19. The zero-order chi connectivity index (χ0) is 11.1. The minimum absolute atomic E-state index is 0.203. The summed E-state index contributed by atoms with van der Waals surface area (Å²) >= 11 is 0. The minimum Gasteiger partial charge on any atom is -0.370 e. The lowest BCUT2D eigenvalue weighted by atomic mass is 9.95. The predicted molar refractivity (Wildman–Crippen MR) is 62.9 cm³/mol. The second kappa shape index (κ2) is 3.67. The summed E-state index contributed by atoms with van der Waals surface area (Å²) in [6.07, 6.45) is 2.32. The molecule has 2 rings (SSSR count). The molecule has 86 valence electrons. The summed E-state index contributed by atoms with van der Waals surface area (Å²) in [7, 11) is 2.18. The Morgan fingerprint density at radius 3 is 2.87 bits per heavy atom. The average molecular weight is 210 g/mol. The van der Waals surface area contributed by atoms with Gasteiger partial charge in [0, 0.05) is 19.1 Å². The van der Waals surface area contributed by atoms with E-state index >= 15 is 0 Å². The molecule has 0 aromatic heterocycles. The molecule has 2 aliphatic heterocycles. The fourth-order valence-electron chi connectivity index (χ4n) is 2.88. The predicted octanol–water partition coefficient (Wildman–Crippen LogP) is 0.490. The highest BCUT2D eigenvalue weighted by atomic mass is 15.4. The summed E-state index contributed by atoms with van der Waals surface area (Å²) in [6, 6.07) is 0.503. The monoisotopic (exact) mass is 210 g/mol. The van der Waals surface area contributed by atoms with Crippen molar-refractivity contribution < 1.29 is 0 Å². The first-order valence-corrected chi connectivity index (χ1v) is 5.87. The van der Waals surface area contributed by atoms with E-state index < -0.39 is 0 Å². The third-order valence-corrected chi connectivity index (χ3v) is 3.85. The maximum atomic E-state index is 6.01. The van der Waals surface area contributed by atoms with Gasteiger partial charge in [0.2, 0.25) is 0 Å². The number of guanidine groups is 1. The van der Waals surface area contributed by atoms with Gasteiger partial charge < -0.3 is 15.5 Å². The molecule has 1 fully saturated rings. The van der Waals surface area contributed by atoms with E-state index in [1.54, 1.807) is 0 Å². The maximum absolute atomic E-state index is 6.01. The fraction of sp³-hybridized carbons (Fsp3) is 0.909. The Balaban J connectivity index is 2.20. The zero-order valence-electron chi connectivity index (χ0n) is 10.0. The average Bonchev–Trinajstić information content (AvgIpc) is 2.72. The lowest BCUT2D eigenvalue weighted by Gasteiger charge is -2.40. The number of likely N-dealkylation sites (tertiary alicyclic amines) is 1. The van der Waals surface area contributed by atoms with Crippen LogP contribution in [-0.2, 0) is 0 Å². The van der Waals surface area contributed by atoms with Crippen molar-refractivity contribution in [3.63, 3.8) is 0 Å².